The van der Waals surface area contributed by atoms with Crippen LogP contribution in [0.4, 0.5) is 0 Å². The van der Waals surface area contributed by atoms with Crippen molar-refractivity contribution in [2.45, 2.75) is 39.8 Å². The molecule has 5 heteroatoms. The molecule has 0 fully saturated rings. The third kappa shape index (κ3) is 4.80. The van der Waals surface area contributed by atoms with Crippen LogP contribution in [0, 0.1) is 5.41 Å². The molecule has 2 N–H and O–H groups in total. The summed E-state index contributed by atoms with van der Waals surface area (Å²) in [6.45, 7) is 7.05. The summed E-state index contributed by atoms with van der Waals surface area (Å²) < 4.78 is 0. The zero-order valence-electron chi connectivity index (χ0n) is 11.4. The van der Waals surface area contributed by atoms with Crippen LogP contribution in [0.3, 0.4) is 0 Å². The summed E-state index contributed by atoms with van der Waals surface area (Å²) in [4.78, 5) is 0. The minimum Gasteiger partial charge on any atom is -0.396 e. The molecule has 0 spiro atoms. The summed E-state index contributed by atoms with van der Waals surface area (Å²) in [7, 11) is 0. The van der Waals surface area contributed by atoms with Gasteiger partial charge in [-0.1, -0.05) is 55.6 Å². The second-order valence-corrected chi connectivity index (χ2v) is 6.83. The summed E-state index contributed by atoms with van der Waals surface area (Å²) >= 11 is 18.3. The van der Waals surface area contributed by atoms with Crippen LogP contribution in [0.25, 0.3) is 0 Å². The number of halogens is 3. The highest BCUT2D eigenvalue weighted by molar-refractivity contribution is 6.44. The molecular formula is C14H20Cl3NO. The Morgan fingerprint density at radius 2 is 1.74 bits per heavy atom. The molecule has 2 nitrogen and oxygen atoms in total. The normalized spacial score (nSPS) is 13.6. The van der Waals surface area contributed by atoms with Gasteiger partial charge >= 0.3 is 0 Å². The maximum Gasteiger partial charge on any atom is 0.0652 e. The van der Waals surface area contributed by atoms with Gasteiger partial charge in [-0.2, -0.15) is 0 Å². The number of nitrogens with one attached hydrogen (secondary N) is 1. The predicted octanol–water partition coefficient (Wildman–Crippen LogP) is 4.53. The van der Waals surface area contributed by atoms with Crippen LogP contribution in [0.5, 0.6) is 0 Å². The van der Waals surface area contributed by atoms with Crippen molar-refractivity contribution >= 4 is 34.8 Å². The second-order valence-electron chi connectivity index (χ2n) is 5.63. The van der Waals surface area contributed by atoms with Crippen molar-refractivity contribution in [3.8, 4) is 0 Å². The first-order valence-corrected chi connectivity index (χ1v) is 7.37. The van der Waals surface area contributed by atoms with E-state index in [0.29, 0.717) is 28.0 Å². The molecule has 0 aliphatic carbocycles. The molecule has 19 heavy (non-hydrogen) atoms. The number of aliphatic hydroxyl groups is 1. The van der Waals surface area contributed by atoms with Gasteiger partial charge in [0.15, 0.2) is 0 Å². The average Bonchev–Trinajstić information content (AvgIpc) is 2.31. The lowest BCUT2D eigenvalue weighted by Gasteiger charge is -2.31. The molecule has 0 aromatic heterocycles. The van der Waals surface area contributed by atoms with Gasteiger partial charge in [0.25, 0.3) is 0 Å². The van der Waals surface area contributed by atoms with Gasteiger partial charge in [-0.3, -0.25) is 0 Å². The van der Waals surface area contributed by atoms with Crippen LogP contribution >= 0.6 is 34.8 Å². The molecule has 0 aliphatic heterocycles. The third-order valence-electron chi connectivity index (χ3n) is 3.13. The Balaban J connectivity index is 2.83. The van der Waals surface area contributed by atoms with Crippen LogP contribution in [-0.4, -0.2) is 17.8 Å². The smallest absolute Gasteiger partial charge is 0.0652 e. The van der Waals surface area contributed by atoms with E-state index in [2.05, 4.69) is 26.1 Å². The molecule has 1 atom stereocenters. The molecule has 1 aromatic rings. The first-order valence-electron chi connectivity index (χ1n) is 6.24. The summed E-state index contributed by atoms with van der Waals surface area (Å²) in [5.41, 5.74) is 0.836. The van der Waals surface area contributed by atoms with E-state index in [4.69, 9.17) is 39.9 Å². The predicted molar refractivity (Wildman–Crippen MR) is 83.3 cm³/mol. The molecule has 0 saturated heterocycles. The number of hydrogen-bond donors (Lipinski definition) is 2. The fourth-order valence-corrected chi connectivity index (χ4v) is 2.61. The van der Waals surface area contributed by atoms with E-state index >= 15 is 0 Å². The Bertz CT molecular complexity index is 429. The van der Waals surface area contributed by atoms with Gasteiger partial charge in [0.2, 0.25) is 0 Å². The first kappa shape index (κ1) is 17.1. The van der Waals surface area contributed by atoms with E-state index in [0.717, 1.165) is 5.56 Å². The summed E-state index contributed by atoms with van der Waals surface area (Å²) in [6, 6.07) is 3.60. The lowest BCUT2D eigenvalue weighted by Crippen LogP contribution is -2.40. The second kappa shape index (κ2) is 7.14. The summed E-state index contributed by atoms with van der Waals surface area (Å²) in [5.74, 6) is 0. The van der Waals surface area contributed by atoms with Crippen LogP contribution < -0.4 is 5.32 Å². The fraction of sp³-hybridized carbons (Fsp3) is 0.571. The zero-order chi connectivity index (χ0) is 14.6. The maximum atomic E-state index is 9.14. The quantitative estimate of drug-likeness (QED) is 0.780. The Morgan fingerprint density at radius 1 is 1.16 bits per heavy atom. The van der Waals surface area contributed by atoms with Crippen LogP contribution in [0.15, 0.2) is 12.1 Å². The molecular weight excluding hydrogens is 305 g/mol. The van der Waals surface area contributed by atoms with Gasteiger partial charge in [0.05, 0.1) is 10.0 Å². The van der Waals surface area contributed by atoms with Gasteiger partial charge in [0.1, 0.15) is 0 Å². The highest BCUT2D eigenvalue weighted by atomic mass is 35.5. The SMILES string of the molecule is CC(C)(C)C(CCO)NCc1c(Cl)ccc(Cl)c1Cl. The summed E-state index contributed by atoms with van der Waals surface area (Å²) in [6.07, 6.45) is 0.680. The molecule has 1 unspecified atom stereocenters. The molecule has 0 bridgehead atoms. The Hall–Kier alpha value is 0.01000. The van der Waals surface area contributed by atoms with Crippen molar-refractivity contribution in [1.82, 2.24) is 5.32 Å². The lowest BCUT2D eigenvalue weighted by atomic mass is 9.85. The van der Waals surface area contributed by atoms with E-state index in [1.165, 1.54) is 0 Å². The highest BCUT2D eigenvalue weighted by Gasteiger charge is 2.24. The van der Waals surface area contributed by atoms with Crippen molar-refractivity contribution in [1.29, 1.82) is 0 Å². The number of benzene rings is 1. The van der Waals surface area contributed by atoms with Gasteiger partial charge in [-0.15, -0.1) is 0 Å². The topological polar surface area (TPSA) is 32.3 Å². The van der Waals surface area contributed by atoms with Gasteiger partial charge < -0.3 is 10.4 Å². The maximum absolute atomic E-state index is 9.14. The van der Waals surface area contributed by atoms with Crippen molar-refractivity contribution in [3.05, 3.63) is 32.8 Å². The Labute approximate surface area is 130 Å². The van der Waals surface area contributed by atoms with E-state index in [-0.39, 0.29) is 18.1 Å². The van der Waals surface area contributed by atoms with Crippen LogP contribution in [-0.2, 0) is 6.54 Å². The molecule has 0 aliphatic rings. The number of aliphatic hydroxyl groups excluding tert-OH is 1. The minimum absolute atomic E-state index is 0.0419. The highest BCUT2D eigenvalue weighted by Crippen LogP contribution is 2.32. The Morgan fingerprint density at radius 3 is 2.26 bits per heavy atom. The molecule has 1 aromatic carbocycles. The van der Waals surface area contributed by atoms with Gasteiger partial charge in [0, 0.05) is 29.8 Å². The van der Waals surface area contributed by atoms with E-state index in [1.54, 1.807) is 12.1 Å². The molecule has 108 valence electrons. The zero-order valence-corrected chi connectivity index (χ0v) is 13.7. The van der Waals surface area contributed by atoms with Crippen molar-refractivity contribution in [2.75, 3.05) is 6.61 Å². The largest absolute Gasteiger partial charge is 0.396 e. The lowest BCUT2D eigenvalue weighted by molar-refractivity contribution is 0.196. The van der Waals surface area contributed by atoms with Crippen LogP contribution in [0.2, 0.25) is 15.1 Å². The van der Waals surface area contributed by atoms with Gasteiger partial charge in [-0.25, -0.2) is 0 Å². The minimum atomic E-state index is 0.0419. The van der Waals surface area contributed by atoms with Crippen molar-refractivity contribution < 1.29 is 5.11 Å². The molecule has 0 heterocycles. The van der Waals surface area contributed by atoms with E-state index in [1.807, 2.05) is 0 Å². The van der Waals surface area contributed by atoms with Gasteiger partial charge in [-0.05, 0) is 24.0 Å². The molecule has 0 saturated carbocycles. The Kier molecular flexibility index (Phi) is 6.41. The van der Waals surface area contributed by atoms with Crippen molar-refractivity contribution in [2.24, 2.45) is 5.41 Å². The van der Waals surface area contributed by atoms with Crippen molar-refractivity contribution in [3.63, 3.8) is 0 Å². The number of rotatable bonds is 5. The number of hydrogen-bond acceptors (Lipinski definition) is 2. The third-order valence-corrected chi connectivity index (χ3v) is 4.32. The summed E-state index contributed by atoms with van der Waals surface area (Å²) in [5, 5.41) is 14.1. The van der Waals surface area contributed by atoms with Crippen LogP contribution in [0.1, 0.15) is 32.8 Å². The standard InChI is InChI=1S/C14H20Cl3NO/c1-14(2,3)12(6-7-19)18-8-9-10(15)4-5-11(16)13(9)17/h4-5,12,18-19H,6-8H2,1-3H3. The molecule has 0 amide bonds. The monoisotopic (exact) mass is 323 g/mol. The van der Waals surface area contributed by atoms with E-state index in [9.17, 15) is 0 Å². The average molecular weight is 325 g/mol. The fourth-order valence-electron chi connectivity index (χ4n) is 1.93. The van der Waals surface area contributed by atoms with E-state index < -0.39 is 0 Å². The first-order chi connectivity index (χ1) is 8.77. The molecule has 1 rings (SSSR count). The molecule has 0 radical (unpaired) electrons.